The first-order valence-electron chi connectivity index (χ1n) is 12.5. The Balaban J connectivity index is 1.86. The molecule has 212 valence electrons. The molecule has 10 nitrogen and oxygen atoms in total. The number of nitrogens with one attached hydrogen (secondary N) is 1. The molecule has 1 aliphatic heterocycles. The summed E-state index contributed by atoms with van der Waals surface area (Å²) in [6.07, 6.45) is 3.14. The third kappa shape index (κ3) is 6.94. The van der Waals surface area contributed by atoms with Gasteiger partial charge in [0, 0.05) is 0 Å². The first-order valence-corrected chi connectivity index (χ1v) is 12.5. The molecular formula is C29H38N2O8. The van der Waals surface area contributed by atoms with E-state index in [0.29, 0.717) is 28.7 Å². The van der Waals surface area contributed by atoms with Crippen LogP contribution in [0.3, 0.4) is 0 Å². The molecule has 39 heavy (non-hydrogen) atoms. The second-order valence-electron chi connectivity index (χ2n) is 10.4. The van der Waals surface area contributed by atoms with E-state index in [2.05, 4.69) is 5.32 Å². The fourth-order valence-corrected chi connectivity index (χ4v) is 4.19. The van der Waals surface area contributed by atoms with Crippen LogP contribution < -0.4 is 24.3 Å². The van der Waals surface area contributed by atoms with Gasteiger partial charge in [0.1, 0.15) is 23.1 Å². The van der Waals surface area contributed by atoms with Crippen LogP contribution >= 0.6 is 0 Å². The van der Waals surface area contributed by atoms with Gasteiger partial charge in [0.05, 0.1) is 40.7 Å². The first-order chi connectivity index (χ1) is 18.3. The molecule has 3 rings (SSSR count). The van der Waals surface area contributed by atoms with E-state index in [-0.39, 0.29) is 6.61 Å². The number of nitrogens with zero attached hydrogens (tertiary/aromatic N) is 1. The molecule has 0 spiro atoms. The van der Waals surface area contributed by atoms with E-state index < -0.39 is 29.4 Å². The number of carbonyl (C=O) groups excluding carboxylic acids is 2. The van der Waals surface area contributed by atoms with E-state index in [9.17, 15) is 9.59 Å². The second-order valence-corrected chi connectivity index (χ2v) is 10.4. The normalized spacial score (nSPS) is 16.6. The summed E-state index contributed by atoms with van der Waals surface area (Å²) in [5.74, 6) is 1.63. The molecule has 0 unspecified atom stereocenters. The van der Waals surface area contributed by atoms with Gasteiger partial charge in [-0.2, -0.15) is 0 Å². The van der Waals surface area contributed by atoms with Crippen molar-refractivity contribution >= 4 is 29.8 Å². The standard InChI is InChI=1S/C29H38N2O8/c1-28(2,3)39-27(33)31-21(17-38-29(31,4)5)26(32)30-20-14-18(12-13-22(20)34-6)10-11-19-15-23(35-7)25(37-9)24(16-19)36-8/h10-16,21H,17H2,1-9H3,(H,30,32)/t21-/m0/s1. The zero-order valence-electron chi connectivity index (χ0n) is 24.0. The lowest BCUT2D eigenvalue weighted by Crippen LogP contribution is -2.53. The van der Waals surface area contributed by atoms with Crippen LogP contribution in [0.25, 0.3) is 12.2 Å². The van der Waals surface area contributed by atoms with Crippen molar-refractivity contribution < 1.29 is 38.0 Å². The van der Waals surface area contributed by atoms with Gasteiger partial charge in [-0.25, -0.2) is 4.79 Å². The van der Waals surface area contributed by atoms with Gasteiger partial charge in [0.15, 0.2) is 11.5 Å². The summed E-state index contributed by atoms with van der Waals surface area (Å²) in [7, 11) is 6.19. The maximum atomic E-state index is 13.4. The average molecular weight is 543 g/mol. The first kappa shape index (κ1) is 29.6. The zero-order chi connectivity index (χ0) is 29.0. The van der Waals surface area contributed by atoms with Gasteiger partial charge in [-0.15, -0.1) is 0 Å². The number of hydrogen-bond acceptors (Lipinski definition) is 8. The SMILES string of the molecule is COc1ccc(C=Cc2cc(OC)c(OC)c(OC)c2)cc1NC(=O)[C@@H]1COC(C)(C)N1C(=O)OC(C)(C)C. The summed E-state index contributed by atoms with van der Waals surface area (Å²) < 4.78 is 33.0. The Labute approximate surface area is 229 Å². The van der Waals surface area contributed by atoms with Crippen LogP contribution in [-0.2, 0) is 14.3 Å². The fraction of sp³-hybridized carbons (Fsp3) is 0.448. The monoisotopic (exact) mass is 542 g/mol. The smallest absolute Gasteiger partial charge is 0.413 e. The molecular weight excluding hydrogens is 504 g/mol. The summed E-state index contributed by atoms with van der Waals surface area (Å²) in [5, 5.41) is 2.90. The molecule has 0 bridgehead atoms. The predicted octanol–water partition coefficient (Wildman–Crippen LogP) is 5.20. The van der Waals surface area contributed by atoms with E-state index in [4.69, 9.17) is 28.4 Å². The zero-order valence-corrected chi connectivity index (χ0v) is 24.0. The fourth-order valence-electron chi connectivity index (χ4n) is 4.19. The number of carbonyl (C=O) groups is 2. The molecule has 0 saturated carbocycles. The third-order valence-corrected chi connectivity index (χ3v) is 6.02. The van der Waals surface area contributed by atoms with E-state index >= 15 is 0 Å². The van der Waals surface area contributed by atoms with Gasteiger partial charge < -0.3 is 33.7 Å². The number of ether oxygens (including phenoxy) is 6. The van der Waals surface area contributed by atoms with Crippen LogP contribution in [0.1, 0.15) is 45.7 Å². The summed E-state index contributed by atoms with van der Waals surface area (Å²) >= 11 is 0. The van der Waals surface area contributed by atoms with Crippen LogP contribution in [0, 0.1) is 0 Å². The van der Waals surface area contributed by atoms with Crippen molar-refractivity contribution in [3.8, 4) is 23.0 Å². The van der Waals surface area contributed by atoms with Crippen molar-refractivity contribution in [1.82, 2.24) is 4.90 Å². The van der Waals surface area contributed by atoms with E-state index in [1.807, 2.05) is 30.4 Å². The highest BCUT2D eigenvalue weighted by Gasteiger charge is 2.48. The molecule has 1 fully saturated rings. The Hall–Kier alpha value is -3.92. The van der Waals surface area contributed by atoms with Crippen LogP contribution in [0.5, 0.6) is 23.0 Å². The van der Waals surface area contributed by atoms with Crippen molar-refractivity contribution in [3.05, 3.63) is 41.5 Å². The molecule has 0 radical (unpaired) electrons. The largest absolute Gasteiger partial charge is 0.495 e. The van der Waals surface area contributed by atoms with Gasteiger partial charge >= 0.3 is 6.09 Å². The Bertz CT molecular complexity index is 1210. The third-order valence-electron chi connectivity index (χ3n) is 6.02. The number of methoxy groups -OCH3 is 4. The Kier molecular flexibility index (Phi) is 9.01. The van der Waals surface area contributed by atoms with E-state index in [1.54, 1.807) is 68.1 Å². The van der Waals surface area contributed by atoms with E-state index in [1.165, 1.54) is 12.0 Å². The summed E-state index contributed by atoms with van der Waals surface area (Å²) in [6.45, 7) is 8.78. The number of benzene rings is 2. The van der Waals surface area contributed by atoms with Gasteiger partial charge in [-0.05, 0) is 70.0 Å². The maximum Gasteiger partial charge on any atom is 0.413 e. The van der Waals surface area contributed by atoms with Crippen LogP contribution in [0.15, 0.2) is 30.3 Å². The molecule has 1 aliphatic rings. The van der Waals surface area contributed by atoms with Crippen molar-refractivity contribution in [1.29, 1.82) is 0 Å². The molecule has 2 amide bonds. The molecule has 1 N–H and O–H groups in total. The van der Waals surface area contributed by atoms with Gasteiger partial charge in [0.2, 0.25) is 11.7 Å². The lowest BCUT2D eigenvalue weighted by atomic mass is 10.1. The Morgan fingerprint density at radius 3 is 2.05 bits per heavy atom. The topological polar surface area (TPSA) is 105 Å². The predicted molar refractivity (Wildman–Crippen MR) is 149 cm³/mol. The minimum Gasteiger partial charge on any atom is -0.495 e. The van der Waals surface area contributed by atoms with Gasteiger partial charge in [-0.1, -0.05) is 18.2 Å². The molecule has 1 saturated heterocycles. The van der Waals surface area contributed by atoms with Crippen molar-refractivity contribution in [2.75, 3.05) is 40.4 Å². The van der Waals surface area contributed by atoms with Crippen LogP contribution in [0.2, 0.25) is 0 Å². The van der Waals surface area contributed by atoms with E-state index in [0.717, 1.165) is 11.1 Å². The summed E-state index contributed by atoms with van der Waals surface area (Å²) in [4.78, 5) is 27.7. The molecule has 2 aromatic carbocycles. The minimum absolute atomic E-state index is 0.0289. The van der Waals surface area contributed by atoms with Crippen molar-refractivity contribution in [2.45, 2.75) is 52.0 Å². The Morgan fingerprint density at radius 1 is 0.923 bits per heavy atom. The van der Waals surface area contributed by atoms with Crippen LogP contribution in [0.4, 0.5) is 10.5 Å². The molecule has 2 aromatic rings. The number of hydrogen-bond donors (Lipinski definition) is 1. The van der Waals surface area contributed by atoms with Crippen LogP contribution in [-0.4, -0.2) is 69.3 Å². The highest BCUT2D eigenvalue weighted by Crippen LogP contribution is 2.39. The molecule has 0 aliphatic carbocycles. The van der Waals surface area contributed by atoms with Gasteiger partial charge in [0.25, 0.3) is 0 Å². The maximum absolute atomic E-state index is 13.4. The molecule has 0 aromatic heterocycles. The highest BCUT2D eigenvalue weighted by atomic mass is 16.6. The van der Waals surface area contributed by atoms with Gasteiger partial charge in [-0.3, -0.25) is 9.69 Å². The number of anilines is 1. The lowest BCUT2D eigenvalue weighted by molar-refractivity contribution is -0.121. The average Bonchev–Trinajstić information content (AvgIpc) is 3.20. The molecule has 1 atom stereocenters. The highest BCUT2D eigenvalue weighted by molar-refractivity contribution is 5.98. The number of amides is 2. The quantitative estimate of drug-likeness (QED) is 0.454. The molecule has 10 heteroatoms. The Morgan fingerprint density at radius 2 is 1.51 bits per heavy atom. The lowest BCUT2D eigenvalue weighted by Gasteiger charge is -2.34. The summed E-state index contributed by atoms with van der Waals surface area (Å²) in [6, 6.07) is 8.17. The second kappa shape index (κ2) is 11.9. The molecule has 1 heterocycles. The van der Waals surface area contributed by atoms with Crippen molar-refractivity contribution in [2.24, 2.45) is 0 Å². The van der Waals surface area contributed by atoms with Crippen molar-refractivity contribution in [3.63, 3.8) is 0 Å². The summed E-state index contributed by atoms with van der Waals surface area (Å²) in [5.41, 5.74) is 0.331. The minimum atomic E-state index is -1.01. The number of rotatable bonds is 8.